The number of nitrogens with two attached hydrogens (primary N) is 1. The molecule has 1 rings (SSSR count). The number of amides is 1. The molecule has 0 aromatic rings. The van der Waals surface area contributed by atoms with Gasteiger partial charge in [0.15, 0.2) is 9.84 Å². The molecule has 1 unspecified atom stereocenters. The maximum Gasteiger partial charge on any atom is 0.407 e. The minimum absolute atomic E-state index is 0.0134. The Morgan fingerprint density at radius 1 is 1.43 bits per heavy atom. The van der Waals surface area contributed by atoms with E-state index in [0.717, 1.165) is 30.8 Å². The van der Waals surface area contributed by atoms with Crippen LogP contribution in [-0.2, 0) is 9.84 Å². The first-order valence-corrected chi connectivity index (χ1v) is 10.9. The molecule has 1 aliphatic heterocycles. The SMILES string of the molecule is CCCCN(CC(C1SCCCS1)S(=O)(=O)CN)C(=O)O. The molecule has 1 saturated heterocycles. The number of carboxylic acid groups (broad SMARTS) is 1. The van der Waals surface area contributed by atoms with Gasteiger partial charge in [-0.15, -0.1) is 23.5 Å². The fourth-order valence-electron chi connectivity index (χ4n) is 2.04. The second-order valence-corrected chi connectivity index (χ2v) is 9.98. The minimum atomic E-state index is -3.48. The average molecular weight is 357 g/mol. The smallest absolute Gasteiger partial charge is 0.407 e. The monoisotopic (exact) mass is 356 g/mol. The van der Waals surface area contributed by atoms with Gasteiger partial charge in [0.2, 0.25) is 0 Å². The number of hydrogen-bond donors (Lipinski definition) is 2. The van der Waals surface area contributed by atoms with E-state index in [1.54, 1.807) is 23.5 Å². The molecule has 0 aromatic heterocycles. The third kappa shape index (κ3) is 5.88. The van der Waals surface area contributed by atoms with Gasteiger partial charge < -0.3 is 15.7 Å². The predicted octanol–water partition coefficient (Wildman–Crippen LogP) is 1.66. The quantitative estimate of drug-likeness (QED) is 0.682. The molecule has 0 aromatic carbocycles. The molecule has 1 heterocycles. The van der Waals surface area contributed by atoms with Crippen LogP contribution in [0.2, 0.25) is 0 Å². The highest BCUT2D eigenvalue weighted by molar-refractivity contribution is 8.18. The highest BCUT2D eigenvalue weighted by Crippen LogP contribution is 2.36. The van der Waals surface area contributed by atoms with Crippen LogP contribution < -0.4 is 5.73 Å². The van der Waals surface area contributed by atoms with Crippen molar-refractivity contribution in [3.8, 4) is 0 Å². The van der Waals surface area contributed by atoms with Crippen LogP contribution in [0, 0.1) is 0 Å². The van der Waals surface area contributed by atoms with Crippen LogP contribution in [0.4, 0.5) is 4.79 Å². The van der Waals surface area contributed by atoms with Crippen molar-refractivity contribution in [2.24, 2.45) is 5.73 Å². The van der Waals surface area contributed by atoms with Crippen LogP contribution in [0.5, 0.6) is 0 Å². The molecule has 0 bridgehead atoms. The van der Waals surface area contributed by atoms with Crippen molar-refractivity contribution >= 4 is 39.5 Å². The van der Waals surface area contributed by atoms with Gasteiger partial charge in [0.1, 0.15) is 5.25 Å². The summed E-state index contributed by atoms with van der Waals surface area (Å²) in [5.74, 6) is 1.39. The van der Waals surface area contributed by atoms with Gasteiger partial charge in [0, 0.05) is 13.1 Å². The summed E-state index contributed by atoms with van der Waals surface area (Å²) >= 11 is 3.20. The Hall–Kier alpha value is -0.120. The molecule has 1 fully saturated rings. The van der Waals surface area contributed by atoms with Crippen LogP contribution in [0.15, 0.2) is 0 Å². The third-order valence-corrected chi connectivity index (χ3v) is 8.63. The van der Waals surface area contributed by atoms with E-state index in [1.807, 2.05) is 6.92 Å². The number of thioether (sulfide) groups is 2. The zero-order chi connectivity index (χ0) is 15.9. The summed E-state index contributed by atoms with van der Waals surface area (Å²) in [5.41, 5.74) is 5.39. The number of sulfone groups is 1. The summed E-state index contributed by atoms with van der Waals surface area (Å²) in [6, 6.07) is 0. The molecule has 0 spiro atoms. The van der Waals surface area contributed by atoms with E-state index in [-0.39, 0.29) is 11.1 Å². The zero-order valence-electron chi connectivity index (χ0n) is 12.2. The largest absolute Gasteiger partial charge is 0.465 e. The van der Waals surface area contributed by atoms with E-state index >= 15 is 0 Å². The van der Waals surface area contributed by atoms with Crippen LogP contribution >= 0.6 is 23.5 Å². The van der Waals surface area contributed by atoms with Crippen molar-refractivity contribution < 1.29 is 18.3 Å². The van der Waals surface area contributed by atoms with Crippen molar-refractivity contribution in [3.63, 3.8) is 0 Å². The molecule has 124 valence electrons. The maximum absolute atomic E-state index is 12.3. The van der Waals surface area contributed by atoms with Gasteiger partial charge in [-0.2, -0.15) is 0 Å². The molecule has 3 N–H and O–H groups in total. The van der Waals surface area contributed by atoms with Gasteiger partial charge in [0.05, 0.1) is 10.5 Å². The lowest BCUT2D eigenvalue weighted by atomic mass is 10.3. The Morgan fingerprint density at radius 3 is 2.52 bits per heavy atom. The predicted molar refractivity (Wildman–Crippen MR) is 89.6 cm³/mol. The Bertz CT molecular complexity index is 424. The van der Waals surface area contributed by atoms with Gasteiger partial charge in [-0.1, -0.05) is 13.3 Å². The van der Waals surface area contributed by atoms with E-state index < -0.39 is 27.1 Å². The molecular weight excluding hydrogens is 332 g/mol. The highest BCUT2D eigenvalue weighted by Gasteiger charge is 2.36. The van der Waals surface area contributed by atoms with Crippen molar-refractivity contribution in [1.29, 1.82) is 0 Å². The van der Waals surface area contributed by atoms with Gasteiger partial charge in [0.25, 0.3) is 0 Å². The maximum atomic E-state index is 12.3. The molecule has 21 heavy (non-hydrogen) atoms. The molecule has 0 saturated carbocycles. The Kier molecular flexibility index (Phi) is 8.22. The molecule has 0 aliphatic carbocycles. The van der Waals surface area contributed by atoms with Crippen LogP contribution in [-0.4, -0.2) is 64.8 Å². The van der Waals surface area contributed by atoms with Gasteiger partial charge in [-0.05, 0) is 24.3 Å². The standard InChI is InChI=1S/C12H24N2O4S3/c1-2-3-5-14(12(15)16)8-10(21(17,18)9-13)11-19-6-4-7-20-11/h10-11H,2-9,13H2,1H3,(H,15,16). The van der Waals surface area contributed by atoms with E-state index in [2.05, 4.69) is 0 Å². The lowest BCUT2D eigenvalue weighted by Gasteiger charge is -2.32. The molecule has 0 radical (unpaired) electrons. The first-order valence-electron chi connectivity index (χ1n) is 7.05. The van der Waals surface area contributed by atoms with E-state index in [1.165, 1.54) is 4.90 Å². The zero-order valence-corrected chi connectivity index (χ0v) is 14.7. The Labute approximate surface area is 135 Å². The minimum Gasteiger partial charge on any atom is -0.465 e. The summed E-state index contributed by atoms with van der Waals surface area (Å²) in [4.78, 5) is 12.5. The number of hydrogen-bond acceptors (Lipinski definition) is 6. The van der Waals surface area contributed by atoms with E-state index in [0.29, 0.717) is 6.54 Å². The van der Waals surface area contributed by atoms with Crippen molar-refractivity contribution in [1.82, 2.24) is 4.90 Å². The summed E-state index contributed by atoms with van der Waals surface area (Å²) in [7, 11) is -3.48. The van der Waals surface area contributed by atoms with E-state index in [4.69, 9.17) is 5.73 Å². The van der Waals surface area contributed by atoms with Crippen LogP contribution in [0.25, 0.3) is 0 Å². The molecule has 9 heteroatoms. The first-order chi connectivity index (χ1) is 9.92. The molecular formula is C12H24N2O4S3. The molecule has 1 atom stereocenters. The number of carbonyl (C=O) groups is 1. The summed E-state index contributed by atoms with van der Waals surface area (Å²) in [5, 5.41) is 8.54. The van der Waals surface area contributed by atoms with Gasteiger partial charge >= 0.3 is 6.09 Å². The summed E-state index contributed by atoms with van der Waals surface area (Å²) in [6.07, 6.45) is 1.59. The summed E-state index contributed by atoms with van der Waals surface area (Å²) in [6.45, 7) is 2.35. The van der Waals surface area contributed by atoms with Crippen LogP contribution in [0.1, 0.15) is 26.2 Å². The number of unbranched alkanes of at least 4 members (excludes halogenated alkanes) is 1. The topological polar surface area (TPSA) is 101 Å². The fourth-order valence-corrected chi connectivity index (χ4v) is 7.36. The fraction of sp³-hybridized carbons (Fsp3) is 0.917. The summed E-state index contributed by atoms with van der Waals surface area (Å²) < 4.78 is 24.4. The molecule has 1 aliphatic rings. The molecule has 1 amide bonds. The van der Waals surface area contributed by atoms with Crippen molar-refractivity contribution in [3.05, 3.63) is 0 Å². The number of rotatable bonds is 8. The van der Waals surface area contributed by atoms with Crippen molar-refractivity contribution in [2.45, 2.75) is 36.0 Å². The van der Waals surface area contributed by atoms with Crippen LogP contribution in [0.3, 0.4) is 0 Å². The second-order valence-electron chi connectivity index (χ2n) is 4.91. The normalized spacial score (nSPS) is 18.4. The second kappa shape index (κ2) is 9.12. The Morgan fingerprint density at radius 2 is 2.05 bits per heavy atom. The lowest BCUT2D eigenvalue weighted by molar-refractivity contribution is 0.144. The van der Waals surface area contributed by atoms with Gasteiger partial charge in [-0.3, -0.25) is 0 Å². The highest BCUT2D eigenvalue weighted by atomic mass is 32.2. The average Bonchev–Trinajstić information content (AvgIpc) is 2.47. The third-order valence-electron chi connectivity index (χ3n) is 3.30. The first kappa shape index (κ1) is 18.9. The molecule has 6 nitrogen and oxygen atoms in total. The Balaban J connectivity index is 2.86. The van der Waals surface area contributed by atoms with E-state index in [9.17, 15) is 18.3 Å². The van der Waals surface area contributed by atoms with Gasteiger partial charge in [-0.25, -0.2) is 13.2 Å². The van der Waals surface area contributed by atoms with Crippen molar-refractivity contribution in [2.75, 3.05) is 30.5 Å². The number of nitrogens with zero attached hydrogens (tertiary/aromatic N) is 1. The lowest BCUT2D eigenvalue weighted by Crippen LogP contribution is -2.46.